The fourth-order valence-electron chi connectivity index (χ4n) is 1.40. The Morgan fingerprint density at radius 3 is 2.46 bits per heavy atom. The maximum atomic E-state index is 5.92. The predicted octanol–water partition coefficient (Wildman–Crippen LogP) is 2.88. The van der Waals surface area contributed by atoms with Crippen LogP contribution in [-0.4, -0.2) is 0 Å². The predicted molar refractivity (Wildman–Crippen MR) is 55.6 cm³/mol. The summed E-state index contributed by atoms with van der Waals surface area (Å²) in [5.41, 5.74) is 7.96. The first kappa shape index (κ1) is 9.52. The smallest absolute Gasteiger partial charge is 0.0423 e. The van der Waals surface area contributed by atoms with Crippen LogP contribution in [0.2, 0.25) is 0 Å². The molecule has 68 valence electrons. The van der Waals surface area contributed by atoms with E-state index in [0.717, 1.165) is 16.6 Å². The van der Waals surface area contributed by atoms with Crippen LogP contribution in [0.4, 0.5) is 10.4 Å². The van der Waals surface area contributed by atoms with Crippen LogP contribution in [0.15, 0.2) is 36.4 Å². The van der Waals surface area contributed by atoms with Gasteiger partial charge in [0, 0.05) is 11.1 Å². The molecule has 2 N–H and O–H groups in total. The lowest BCUT2D eigenvalue weighted by Crippen LogP contribution is -1.90. The zero-order chi connectivity index (χ0) is 8.55. The maximum Gasteiger partial charge on any atom is 0.0423 e. The van der Waals surface area contributed by atoms with E-state index in [-0.39, 0.29) is 4.70 Å². The lowest BCUT2D eigenvalue weighted by atomic mass is 10.1. The summed E-state index contributed by atoms with van der Waals surface area (Å²) in [5, 5.41) is 2.36. The number of nitrogens with two attached hydrogens (primary N) is 1. The quantitative estimate of drug-likeness (QED) is 0.615. The van der Waals surface area contributed by atoms with Gasteiger partial charge in [0.1, 0.15) is 0 Å². The third-order valence-corrected chi connectivity index (χ3v) is 2.19. The summed E-state index contributed by atoms with van der Waals surface area (Å²) in [6.07, 6.45) is 0. The molecule has 0 aliphatic carbocycles. The van der Waals surface area contributed by atoms with Crippen molar-refractivity contribution >= 4 is 16.5 Å². The number of hydrogen-bond donors (Lipinski definition) is 1. The number of hydrogen-bond acceptors (Lipinski definition) is 1. The minimum absolute atomic E-state index is 0. The van der Waals surface area contributed by atoms with Gasteiger partial charge in [0.25, 0.3) is 0 Å². The van der Waals surface area contributed by atoms with Gasteiger partial charge in [-0.15, -0.1) is 0 Å². The van der Waals surface area contributed by atoms with Crippen molar-refractivity contribution < 1.29 is 4.70 Å². The average molecular weight is 177 g/mol. The molecule has 0 heterocycles. The zero-order valence-corrected chi connectivity index (χ0v) is 7.45. The number of fused-ring (bicyclic) bond motifs is 1. The summed E-state index contributed by atoms with van der Waals surface area (Å²) in [7, 11) is 0. The minimum atomic E-state index is 0. The highest BCUT2D eigenvalue weighted by Crippen LogP contribution is 2.23. The van der Waals surface area contributed by atoms with Crippen LogP contribution in [0.25, 0.3) is 10.8 Å². The molecule has 0 unspecified atom stereocenters. The van der Waals surface area contributed by atoms with E-state index in [9.17, 15) is 0 Å². The van der Waals surface area contributed by atoms with E-state index in [0.29, 0.717) is 0 Å². The van der Waals surface area contributed by atoms with Gasteiger partial charge in [-0.3, -0.25) is 4.70 Å². The van der Waals surface area contributed by atoms with Gasteiger partial charge in [0.2, 0.25) is 0 Å². The van der Waals surface area contributed by atoms with E-state index in [4.69, 9.17) is 5.73 Å². The van der Waals surface area contributed by atoms with Crippen LogP contribution in [0.3, 0.4) is 0 Å². The van der Waals surface area contributed by atoms with Gasteiger partial charge >= 0.3 is 0 Å². The molecule has 0 atom stereocenters. The molecule has 0 aliphatic rings. The molecule has 2 rings (SSSR count). The van der Waals surface area contributed by atoms with Crippen LogP contribution in [0.5, 0.6) is 0 Å². The molecule has 1 nitrogen and oxygen atoms in total. The SMILES string of the molecule is Cc1ccc2ccccc2c1N.F. The molecular weight excluding hydrogens is 165 g/mol. The Morgan fingerprint density at radius 2 is 1.69 bits per heavy atom. The van der Waals surface area contributed by atoms with Crippen molar-refractivity contribution in [2.75, 3.05) is 5.73 Å². The van der Waals surface area contributed by atoms with Crippen LogP contribution in [0, 0.1) is 6.92 Å². The molecule has 0 amide bonds. The number of benzene rings is 2. The standard InChI is InChI=1S/C11H11N.FH/c1-8-6-7-9-4-2-3-5-10(9)11(8)12;/h2-7H,12H2,1H3;1H. The molecule has 0 aliphatic heterocycles. The van der Waals surface area contributed by atoms with Crippen molar-refractivity contribution in [2.45, 2.75) is 6.92 Å². The van der Waals surface area contributed by atoms with Crippen LogP contribution < -0.4 is 5.73 Å². The lowest BCUT2D eigenvalue weighted by Gasteiger charge is -2.03. The summed E-state index contributed by atoms with van der Waals surface area (Å²) in [6.45, 7) is 2.03. The van der Waals surface area contributed by atoms with Gasteiger partial charge in [0.05, 0.1) is 0 Å². The third kappa shape index (κ3) is 1.47. The second-order valence-corrected chi connectivity index (χ2v) is 3.02. The van der Waals surface area contributed by atoms with Crippen LogP contribution in [-0.2, 0) is 0 Å². The summed E-state index contributed by atoms with van der Waals surface area (Å²) < 4.78 is 0. The number of nitrogen functional groups attached to an aromatic ring is 1. The monoisotopic (exact) mass is 177 g/mol. The molecule has 2 aromatic rings. The first-order chi connectivity index (χ1) is 5.79. The summed E-state index contributed by atoms with van der Waals surface area (Å²) in [6, 6.07) is 12.3. The summed E-state index contributed by atoms with van der Waals surface area (Å²) in [5.74, 6) is 0. The molecule has 0 radical (unpaired) electrons. The van der Waals surface area contributed by atoms with Crippen LogP contribution in [0.1, 0.15) is 5.56 Å². The van der Waals surface area contributed by atoms with Gasteiger partial charge in [-0.2, -0.15) is 0 Å². The molecule has 0 spiro atoms. The normalized spacial score (nSPS) is 9.62. The van der Waals surface area contributed by atoms with Gasteiger partial charge in [-0.25, -0.2) is 0 Å². The van der Waals surface area contributed by atoms with Gasteiger partial charge in [-0.05, 0) is 17.9 Å². The van der Waals surface area contributed by atoms with E-state index >= 15 is 0 Å². The molecule has 0 fully saturated rings. The summed E-state index contributed by atoms with van der Waals surface area (Å²) in [4.78, 5) is 0. The molecule has 0 bridgehead atoms. The number of anilines is 1. The van der Waals surface area contributed by atoms with Crippen molar-refractivity contribution in [1.82, 2.24) is 0 Å². The third-order valence-electron chi connectivity index (χ3n) is 2.19. The Hall–Kier alpha value is -1.57. The van der Waals surface area contributed by atoms with Gasteiger partial charge in [-0.1, -0.05) is 36.4 Å². The Kier molecular flexibility index (Phi) is 2.52. The van der Waals surface area contributed by atoms with E-state index in [2.05, 4.69) is 24.3 Å². The molecule has 2 aromatic carbocycles. The lowest BCUT2D eigenvalue weighted by molar-refractivity contribution is 1.11. The van der Waals surface area contributed by atoms with Crippen molar-refractivity contribution in [1.29, 1.82) is 0 Å². The first-order valence-corrected chi connectivity index (χ1v) is 4.03. The molecule has 0 aromatic heterocycles. The fraction of sp³-hybridized carbons (Fsp3) is 0.0909. The molecular formula is C11H12FN. The average Bonchev–Trinajstić information content (AvgIpc) is 2.12. The highest BCUT2D eigenvalue weighted by atomic mass is 19.0. The topological polar surface area (TPSA) is 26.0 Å². The molecule has 2 heteroatoms. The van der Waals surface area contributed by atoms with Crippen molar-refractivity contribution in [3.63, 3.8) is 0 Å². The Balaban J connectivity index is 0.000000845. The van der Waals surface area contributed by atoms with E-state index in [1.807, 2.05) is 19.1 Å². The highest BCUT2D eigenvalue weighted by molar-refractivity contribution is 5.94. The molecule has 13 heavy (non-hydrogen) atoms. The van der Waals surface area contributed by atoms with E-state index < -0.39 is 0 Å². The second-order valence-electron chi connectivity index (χ2n) is 3.02. The Bertz CT molecular complexity index is 423. The summed E-state index contributed by atoms with van der Waals surface area (Å²) >= 11 is 0. The van der Waals surface area contributed by atoms with Gasteiger partial charge < -0.3 is 5.73 Å². The van der Waals surface area contributed by atoms with E-state index in [1.54, 1.807) is 0 Å². The van der Waals surface area contributed by atoms with Crippen molar-refractivity contribution in [2.24, 2.45) is 0 Å². The first-order valence-electron chi connectivity index (χ1n) is 4.03. The van der Waals surface area contributed by atoms with Crippen molar-refractivity contribution in [3.8, 4) is 0 Å². The van der Waals surface area contributed by atoms with Gasteiger partial charge in [0.15, 0.2) is 0 Å². The molecule has 0 saturated heterocycles. The fourth-order valence-corrected chi connectivity index (χ4v) is 1.40. The highest BCUT2D eigenvalue weighted by Gasteiger charge is 1.98. The molecule has 0 saturated carbocycles. The zero-order valence-electron chi connectivity index (χ0n) is 7.45. The number of halogens is 1. The largest absolute Gasteiger partial charge is 0.398 e. The minimum Gasteiger partial charge on any atom is -0.398 e. The number of rotatable bonds is 0. The number of aryl methyl sites for hydroxylation is 1. The maximum absolute atomic E-state index is 5.92. The van der Waals surface area contributed by atoms with E-state index in [1.165, 1.54) is 5.39 Å². The Labute approximate surface area is 76.5 Å². The second kappa shape index (κ2) is 3.44. The Morgan fingerprint density at radius 1 is 1.00 bits per heavy atom. The van der Waals surface area contributed by atoms with Crippen molar-refractivity contribution in [3.05, 3.63) is 42.0 Å². The van der Waals surface area contributed by atoms with Crippen LogP contribution >= 0.6 is 0 Å².